The lowest BCUT2D eigenvalue weighted by atomic mass is 9.83. The Balaban J connectivity index is 0.00000242. The summed E-state index contributed by atoms with van der Waals surface area (Å²) in [7, 11) is 0. The van der Waals surface area contributed by atoms with Gasteiger partial charge >= 0.3 is 5.97 Å². The first-order valence-electron chi connectivity index (χ1n) is 6.75. The summed E-state index contributed by atoms with van der Waals surface area (Å²) in [4.78, 5) is 26.6. The Labute approximate surface area is 134 Å². The van der Waals surface area contributed by atoms with E-state index in [1.807, 2.05) is 30.3 Å². The molecule has 2 N–H and O–H groups in total. The molecule has 2 atom stereocenters. The van der Waals surface area contributed by atoms with E-state index in [1.165, 1.54) is 13.1 Å². The summed E-state index contributed by atoms with van der Waals surface area (Å²) >= 11 is 0. The zero-order valence-electron chi connectivity index (χ0n) is 12.1. The Bertz CT molecular complexity index is 610. The molecular weight excluding hydrogens is 306 g/mol. The fourth-order valence-electron chi connectivity index (χ4n) is 2.27. The number of carbonyl (C=O) groups is 2. The van der Waals surface area contributed by atoms with Gasteiger partial charge in [-0.2, -0.15) is 0 Å². The number of aliphatic hydroxyl groups excluding tert-OH is 1. The van der Waals surface area contributed by atoms with Crippen LogP contribution in [0.15, 0.2) is 46.7 Å². The predicted octanol–water partition coefficient (Wildman–Crippen LogP) is 2.91. The molecule has 0 fully saturated rings. The van der Waals surface area contributed by atoms with Crippen molar-refractivity contribution in [2.24, 2.45) is 4.99 Å². The Kier molecular flexibility index (Phi) is 6.31. The number of aliphatic carboxylic acids is 1. The molecular formula is C16H18ClNO4. The van der Waals surface area contributed by atoms with Gasteiger partial charge in [0.05, 0.1) is 5.57 Å². The van der Waals surface area contributed by atoms with Crippen molar-refractivity contribution in [1.82, 2.24) is 0 Å². The van der Waals surface area contributed by atoms with E-state index < -0.39 is 12.0 Å². The number of aliphatic imine (C=N–C) groups is 1. The number of allylic oxidation sites excluding steroid dienone is 2. The van der Waals surface area contributed by atoms with Gasteiger partial charge in [0.15, 0.2) is 5.78 Å². The van der Waals surface area contributed by atoms with Crippen molar-refractivity contribution >= 4 is 30.4 Å². The molecule has 0 saturated carbocycles. The number of ketones is 1. The number of nitrogens with zero attached hydrogens (tertiary/aromatic N) is 1. The fraction of sp³-hybridized carbons (Fsp3) is 0.312. The number of halogens is 1. The maximum Gasteiger partial charge on any atom is 0.328 e. The van der Waals surface area contributed by atoms with E-state index in [4.69, 9.17) is 5.11 Å². The lowest BCUT2D eigenvalue weighted by Gasteiger charge is -2.22. The van der Waals surface area contributed by atoms with Gasteiger partial charge in [-0.05, 0) is 18.4 Å². The molecule has 0 saturated heterocycles. The fourth-order valence-corrected chi connectivity index (χ4v) is 2.27. The number of benzene rings is 1. The van der Waals surface area contributed by atoms with E-state index in [0.29, 0.717) is 6.42 Å². The standard InChI is InChI=1S/C16H17NO4.ClH/c1-10(16(20)21)17-9-13-14(18)7-12(8-15(13)19)11-5-3-2-4-6-11;/h2-6,9-10,12,18H,7-8H2,1H3,(H,20,21);1H/t10-,12?;/m0./s1. The van der Waals surface area contributed by atoms with E-state index in [1.54, 1.807) is 0 Å². The second-order valence-corrected chi connectivity index (χ2v) is 5.09. The molecule has 22 heavy (non-hydrogen) atoms. The number of carboxylic acid groups (broad SMARTS) is 1. The molecule has 118 valence electrons. The van der Waals surface area contributed by atoms with Crippen LogP contribution in [0, 0.1) is 0 Å². The van der Waals surface area contributed by atoms with Crippen LogP contribution in [0.2, 0.25) is 0 Å². The van der Waals surface area contributed by atoms with Gasteiger partial charge in [0.2, 0.25) is 0 Å². The summed E-state index contributed by atoms with van der Waals surface area (Å²) in [5, 5.41) is 18.8. The largest absolute Gasteiger partial charge is 0.511 e. The average Bonchev–Trinajstić information content (AvgIpc) is 2.46. The molecule has 0 aliphatic heterocycles. The van der Waals surface area contributed by atoms with E-state index in [-0.39, 0.29) is 41.9 Å². The lowest BCUT2D eigenvalue weighted by molar-refractivity contribution is -0.138. The summed E-state index contributed by atoms with van der Waals surface area (Å²) in [6, 6.07) is 8.60. The molecule has 1 aromatic carbocycles. The van der Waals surface area contributed by atoms with Crippen LogP contribution >= 0.6 is 12.4 Å². The highest BCUT2D eigenvalue weighted by Gasteiger charge is 2.27. The highest BCUT2D eigenvalue weighted by atomic mass is 35.5. The normalized spacial score (nSPS) is 19.9. The van der Waals surface area contributed by atoms with Gasteiger partial charge in [0.25, 0.3) is 0 Å². The van der Waals surface area contributed by atoms with Crippen LogP contribution < -0.4 is 0 Å². The number of hydrogen-bond donors (Lipinski definition) is 2. The van der Waals surface area contributed by atoms with Gasteiger partial charge in [0.1, 0.15) is 11.8 Å². The molecule has 0 bridgehead atoms. The molecule has 1 aliphatic rings. The van der Waals surface area contributed by atoms with E-state index in [9.17, 15) is 14.7 Å². The van der Waals surface area contributed by atoms with Gasteiger partial charge in [-0.25, -0.2) is 4.79 Å². The van der Waals surface area contributed by atoms with Crippen molar-refractivity contribution in [1.29, 1.82) is 0 Å². The zero-order chi connectivity index (χ0) is 15.4. The van der Waals surface area contributed by atoms with Crippen molar-refractivity contribution in [3.05, 3.63) is 47.2 Å². The number of Topliss-reactive ketones (excluding diaryl/α,β-unsaturated/α-hetero) is 1. The molecule has 1 aliphatic carbocycles. The van der Waals surface area contributed by atoms with E-state index in [0.717, 1.165) is 5.56 Å². The smallest absolute Gasteiger partial charge is 0.328 e. The molecule has 1 aromatic rings. The minimum Gasteiger partial charge on any atom is -0.511 e. The minimum atomic E-state index is -1.07. The molecule has 0 spiro atoms. The first kappa shape index (κ1) is 17.9. The van der Waals surface area contributed by atoms with Crippen LogP contribution in [-0.4, -0.2) is 34.2 Å². The van der Waals surface area contributed by atoms with Crippen molar-refractivity contribution in [3.63, 3.8) is 0 Å². The first-order chi connectivity index (χ1) is 9.99. The maximum atomic E-state index is 12.1. The molecule has 6 heteroatoms. The van der Waals surface area contributed by atoms with Crippen LogP contribution in [-0.2, 0) is 9.59 Å². The third-order valence-corrected chi connectivity index (χ3v) is 3.54. The molecule has 0 heterocycles. The number of aliphatic hydroxyl groups is 1. The van der Waals surface area contributed by atoms with Gasteiger partial charge < -0.3 is 10.2 Å². The molecule has 0 aromatic heterocycles. The van der Waals surface area contributed by atoms with Crippen molar-refractivity contribution in [3.8, 4) is 0 Å². The highest BCUT2D eigenvalue weighted by molar-refractivity contribution is 6.14. The second kappa shape index (κ2) is 7.75. The summed E-state index contributed by atoms with van der Waals surface area (Å²) in [6.07, 6.45) is 1.83. The van der Waals surface area contributed by atoms with Crippen LogP contribution in [0.4, 0.5) is 0 Å². The number of carbonyl (C=O) groups excluding carboxylic acids is 1. The lowest BCUT2D eigenvalue weighted by Crippen LogP contribution is -2.20. The minimum absolute atomic E-state index is 0. The van der Waals surface area contributed by atoms with Crippen LogP contribution in [0.3, 0.4) is 0 Å². The summed E-state index contributed by atoms with van der Waals surface area (Å²) in [6.45, 7) is 1.41. The van der Waals surface area contributed by atoms with Crippen LogP contribution in [0.25, 0.3) is 0 Å². The van der Waals surface area contributed by atoms with E-state index in [2.05, 4.69) is 4.99 Å². The number of carboxylic acids is 1. The third-order valence-electron chi connectivity index (χ3n) is 3.54. The Morgan fingerprint density at radius 2 is 1.95 bits per heavy atom. The zero-order valence-corrected chi connectivity index (χ0v) is 12.9. The van der Waals surface area contributed by atoms with Gasteiger partial charge in [0, 0.05) is 19.1 Å². The molecule has 2 rings (SSSR count). The summed E-state index contributed by atoms with van der Waals surface area (Å²) < 4.78 is 0. The number of rotatable bonds is 4. The Hall–Kier alpha value is -2.14. The van der Waals surface area contributed by atoms with Crippen molar-refractivity contribution < 1.29 is 19.8 Å². The first-order valence-corrected chi connectivity index (χ1v) is 6.75. The molecule has 1 unspecified atom stereocenters. The average molecular weight is 324 g/mol. The predicted molar refractivity (Wildman–Crippen MR) is 85.9 cm³/mol. The topological polar surface area (TPSA) is 87.0 Å². The van der Waals surface area contributed by atoms with Gasteiger partial charge in [-0.3, -0.25) is 9.79 Å². The maximum absolute atomic E-state index is 12.1. The quantitative estimate of drug-likeness (QED) is 0.834. The molecule has 0 amide bonds. The van der Waals surface area contributed by atoms with Crippen LogP contribution in [0.1, 0.15) is 31.2 Å². The third kappa shape index (κ3) is 4.18. The van der Waals surface area contributed by atoms with Gasteiger partial charge in [-0.1, -0.05) is 30.3 Å². The Morgan fingerprint density at radius 1 is 1.32 bits per heavy atom. The van der Waals surface area contributed by atoms with E-state index >= 15 is 0 Å². The highest BCUT2D eigenvalue weighted by Crippen LogP contribution is 2.32. The second-order valence-electron chi connectivity index (χ2n) is 5.09. The van der Waals surface area contributed by atoms with Gasteiger partial charge in [-0.15, -0.1) is 12.4 Å². The van der Waals surface area contributed by atoms with Crippen LogP contribution in [0.5, 0.6) is 0 Å². The number of hydrogen-bond acceptors (Lipinski definition) is 4. The van der Waals surface area contributed by atoms with Crippen molar-refractivity contribution in [2.45, 2.75) is 31.7 Å². The summed E-state index contributed by atoms with van der Waals surface area (Å²) in [5.74, 6) is -1.36. The molecule has 5 nitrogen and oxygen atoms in total. The SMILES string of the molecule is C[C@H](N=CC1=C(O)CC(c2ccccc2)CC1=O)C(=O)O.Cl. The molecule has 0 radical (unpaired) electrons. The van der Waals surface area contributed by atoms with Crippen molar-refractivity contribution in [2.75, 3.05) is 0 Å². The Morgan fingerprint density at radius 3 is 2.50 bits per heavy atom. The monoisotopic (exact) mass is 323 g/mol. The summed E-state index contributed by atoms with van der Waals surface area (Å²) in [5.41, 5.74) is 1.13.